The Balaban J connectivity index is 1.92. The molecule has 1 aliphatic rings. The first kappa shape index (κ1) is 24.5. The van der Waals surface area contributed by atoms with Gasteiger partial charge in [0.15, 0.2) is 23.3 Å². The number of amides is 1. The number of aliphatic carboxylic acids is 1. The van der Waals surface area contributed by atoms with Gasteiger partial charge < -0.3 is 19.3 Å². The monoisotopic (exact) mass is 490 g/mol. The van der Waals surface area contributed by atoms with Gasteiger partial charge >= 0.3 is 5.97 Å². The zero-order valence-electron chi connectivity index (χ0n) is 18.3. The summed E-state index contributed by atoms with van der Waals surface area (Å²) in [6.07, 6.45) is 2.47. The van der Waals surface area contributed by atoms with E-state index in [0.29, 0.717) is 27.9 Å². The smallest absolute Gasteiger partial charge is 0.341 e. The van der Waals surface area contributed by atoms with Gasteiger partial charge in [0.1, 0.15) is 5.75 Å². The zero-order valence-corrected chi connectivity index (χ0v) is 19.9. The number of carboxylic acids is 1. The summed E-state index contributed by atoms with van der Waals surface area (Å²) >= 11 is 7.56. The number of amidine groups is 1. The van der Waals surface area contributed by atoms with E-state index in [1.54, 1.807) is 30.2 Å². The molecule has 8 nitrogen and oxygen atoms in total. The van der Waals surface area contributed by atoms with Gasteiger partial charge in [-0.3, -0.25) is 9.69 Å². The normalized spacial score (nSPS) is 15.9. The van der Waals surface area contributed by atoms with Crippen molar-refractivity contribution in [2.75, 3.05) is 27.4 Å². The van der Waals surface area contributed by atoms with Crippen LogP contribution in [0, 0.1) is 0 Å². The molecule has 1 amide bonds. The Labute approximate surface area is 200 Å². The number of hydrogen-bond acceptors (Lipinski definition) is 7. The molecule has 0 unspecified atom stereocenters. The molecule has 1 N–H and O–H groups in total. The van der Waals surface area contributed by atoms with Crippen molar-refractivity contribution in [3.8, 4) is 17.2 Å². The van der Waals surface area contributed by atoms with Gasteiger partial charge in [0.25, 0.3) is 5.91 Å². The minimum atomic E-state index is -1.13. The maximum Gasteiger partial charge on any atom is 0.341 e. The lowest BCUT2D eigenvalue weighted by atomic mass is 10.1. The Morgan fingerprint density at radius 1 is 1.21 bits per heavy atom. The van der Waals surface area contributed by atoms with Crippen LogP contribution < -0.4 is 14.2 Å². The molecule has 1 saturated heterocycles. The highest BCUT2D eigenvalue weighted by Gasteiger charge is 2.33. The highest BCUT2D eigenvalue weighted by molar-refractivity contribution is 8.18. The standard InChI is InChI=1S/C23H23ClN2O6S/c1-4-9-26-22(29)19(33-23(26)25-15-5-7-16(30-2)8-6-15)12-14-10-17(24)21(18(11-14)31-3)32-13-20(27)28/h5-8,10-12H,4,9,13H2,1-3H3,(H,27,28)/b19-12-,25-23?. The number of nitrogens with zero attached hydrogens (tertiary/aromatic N) is 2. The molecule has 174 valence electrons. The molecule has 1 aliphatic heterocycles. The summed E-state index contributed by atoms with van der Waals surface area (Å²) in [4.78, 5) is 30.6. The third kappa shape index (κ3) is 6.00. The highest BCUT2D eigenvalue weighted by atomic mass is 35.5. The van der Waals surface area contributed by atoms with Crippen LogP contribution in [0.4, 0.5) is 5.69 Å². The summed E-state index contributed by atoms with van der Waals surface area (Å²) in [7, 11) is 3.02. The van der Waals surface area contributed by atoms with Gasteiger partial charge in [0.2, 0.25) is 0 Å². The fraction of sp³-hybridized carbons (Fsp3) is 0.261. The van der Waals surface area contributed by atoms with Crippen molar-refractivity contribution in [1.29, 1.82) is 0 Å². The van der Waals surface area contributed by atoms with E-state index < -0.39 is 12.6 Å². The van der Waals surface area contributed by atoms with Crippen molar-refractivity contribution in [2.24, 2.45) is 4.99 Å². The molecule has 0 atom stereocenters. The summed E-state index contributed by atoms with van der Waals surface area (Å²) in [5.74, 6) is -0.170. The van der Waals surface area contributed by atoms with Crippen molar-refractivity contribution in [3.05, 3.63) is 51.9 Å². The Hall–Kier alpha value is -3.17. The molecule has 0 aromatic heterocycles. The van der Waals surface area contributed by atoms with Crippen molar-refractivity contribution in [3.63, 3.8) is 0 Å². The van der Waals surface area contributed by atoms with Crippen LogP contribution in [0.5, 0.6) is 17.2 Å². The third-order valence-corrected chi connectivity index (χ3v) is 5.81. The van der Waals surface area contributed by atoms with E-state index in [9.17, 15) is 9.59 Å². The van der Waals surface area contributed by atoms with E-state index in [1.807, 2.05) is 31.2 Å². The first-order valence-corrected chi connectivity index (χ1v) is 11.2. The van der Waals surface area contributed by atoms with E-state index in [-0.39, 0.29) is 22.4 Å². The van der Waals surface area contributed by atoms with Gasteiger partial charge in [-0.15, -0.1) is 0 Å². The number of rotatable bonds is 9. The molecule has 10 heteroatoms. The number of carboxylic acid groups (broad SMARTS) is 1. The molecule has 0 saturated carbocycles. The summed E-state index contributed by atoms with van der Waals surface area (Å²) in [6.45, 7) is 1.97. The number of carbonyl (C=O) groups excluding carboxylic acids is 1. The van der Waals surface area contributed by atoms with Crippen molar-refractivity contribution in [1.82, 2.24) is 4.90 Å². The first-order valence-electron chi connectivity index (χ1n) is 10.0. The van der Waals surface area contributed by atoms with Gasteiger partial charge in [0, 0.05) is 6.54 Å². The number of halogens is 1. The maximum absolute atomic E-state index is 13.1. The lowest BCUT2D eigenvalue weighted by Crippen LogP contribution is -2.29. The quantitative estimate of drug-likeness (QED) is 0.502. The lowest BCUT2D eigenvalue weighted by molar-refractivity contribution is -0.139. The zero-order chi connectivity index (χ0) is 24.0. The summed E-state index contributed by atoms with van der Waals surface area (Å²) in [6, 6.07) is 10.5. The molecule has 33 heavy (non-hydrogen) atoms. The highest BCUT2D eigenvalue weighted by Crippen LogP contribution is 2.39. The molecule has 0 aliphatic carbocycles. The van der Waals surface area contributed by atoms with Gasteiger partial charge in [-0.2, -0.15) is 0 Å². The van der Waals surface area contributed by atoms with E-state index in [2.05, 4.69) is 4.99 Å². The Bertz CT molecular complexity index is 1100. The predicted octanol–water partition coefficient (Wildman–Crippen LogP) is 4.83. The number of carbonyl (C=O) groups is 2. The molecule has 0 spiro atoms. The molecule has 0 bridgehead atoms. The second-order valence-electron chi connectivity index (χ2n) is 6.88. The molecular formula is C23H23ClN2O6S. The third-order valence-electron chi connectivity index (χ3n) is 4.52. The minimum Gasteiger partial charge on any atom is -0.497 e. The van der Waals surface area contributed by atoms with Crippen LogP contribution in [-0.4, -0.2) is 54.4 Å². The SMILES string of the molecule is CCCN1C(=O)/C(=C/c2cc(Cl)c(OCC(=O)O)c(OC)c2)SC1=Nc1ccc(OC)cc1. The molecule has 2 aromatic carbocycles. The van der Waals surface area contributed by atoms with Crippen LogP contribution >= 0.6 is 23.4 Å². The first-order chi connectivity index (χ1) is 15.9. The lowest BCUT2D eigenvalue weighted by Gasteiger charge is -2.14. The Morgan fingerprint density at radius 3 is 2.55 bits per heavy atom. The average Bonchev–Trinajstić information content (AvgIpc) is 3.07. The maximum atomic E-state index is 13.1. The second kappa shape index (κ2) is 11.1. The molecule has 0 radical (unpaired) electrons. The fourth-order valence-electron chi connectivity index (χ4n) is 3.03. The van der Waals surface area contributed by atoms with E-state index >= 15 is 0 Å². The molecule has 2 aromatic rings. The van der Waals surface area contributed by atoms with Crippen molar-refractivity contribution < 1.29 is 28.9 Å². The van der Waals surface area contributed by atoms with Crippen LogP contribution in [0.25, 0.3) is 6.08 Å². The number of methoxy groups -OCH3 is 2. The number of benzene rings is 2. The van der Waals surface area contributed by atoms with Gasteiger partial charge in [-0.25, -0.2) is 9.79 Å². The average molecular weight is 491 g/mol. The van der Waals surface area contributed by atoms with Gasteiger partial charge in [-0.05, 0) is 66.2 Å². The van der Waals surface area contributed by atoms with Crippen molar-refractivity contribution >= 4 is 52.2 Å². The van der Waals surface area contributed by atoms with Gasteiger partial charge in [0.05, 0.1) is 29.8 Å². The van der Waals surface area contributed by atoms with Crippen molar-refractivity contribution in [2.45, 2.75) is 13.3 Å². The molecular weight excluding hydrogens is 468 g/mol. The molecule has 1 fully saturated rings. The van der Waals surface area contributed by atoms with E-state index in [4.69, 9.17) is 30.9 Å². The molecule has 1 heterocycles. The van der Waals surface area contributed by atoms with E-state index in [1.165, 1.54) is 18.9 Å². The minimum absolute atomic E-state index is 0.128. The van der Waals surface area contributed by atoms with E-state index in [0.717, 1.165) is 12.2 Å². The topological polar surface area (TPSA) is 97.7 Å². The summed E-state index contributed by atoms with van der Waals surface area (Å²) in [5, 5.41) is 9.60. The fourth-order valence-corrected chi connectivity index (χ4v) is 4.33. The van der Waals surface area contributed by atoms with Crippen LogP contribution in [0.3, 0.4) is 0 Å². The number of hydrogen-bond donors (Lipinski definition) is 1. The number of thioether (sulfide) groups is 1. The van der Waals surface area contributed by atoms with Crippen LogP contribution in [0.15, 0.2) is 46.3 Å². The Morgan fingerprint density at radius 2 is 1.94 bits per heavy atom. The largest absolute Gasteiger partial charge is 0.497 e. The Kier molecular flexibility index (Phi) is 8.24. The molecule has 3 rings (SSSR count). The van der Waals surface area contributed by atoms with Crippen LogP contribution in [-0.2, 0) is 9.59 Å². The number of ether oxygens (including phenoxy) is 3. The second-order valence-corrected chi connectivity index (χ2v) is 8.29. The van der Waals surface area contributed by atoms with Crippen LogP contribution in [0.2, 0.25) is 5.02 Å². The van der Waals surface area contributed by atoms with Gasteiger partial charge in [-0.1, -0.05) is 18.5 Å². The summed E-state index contributed by atoms with van der Waals surface area (Å²) in [5.41, 5.74) is 1.32. The number of aliphatic imine (C=N–C) groups is 1. The predicted molar refractivity (Wildman–Crippen MR) is 129 cm³/mol. The van der Waals surface area contributed by atoms with Crippen LogP contribution in [0.1, 0.15) is 18.9 Å². The summed E-state index contributed by atoms with van der Waals surface area (Å²) < 4.78 is 15.7.